The molecule has 0 rings (SSSR count). The Hall–Kier alpha value is -1.05. The van der Waals surface area contributed by atoms with E-state index in [1.165, 1.54) is 6.21 Å². The lowest BCUT2D eigenvalue weighted by Crippen LogP contribution is -1.76. The van der Waals surface area contributed by atoms with E-state index in [1.54, 1.807) is 6.92 Å². The fourth-order valence-corrected chi connectivity index (χ4v) is 0.185. The van der Waals surface area contributed by atoms with Gasteiger partial charge < -0.3 is 5.11 Å². The van der Waals surface area contributed by atoms with Gasteiger partial charge in [0, 0.05) is 5.70 Å². The summed E-state index contributed by atoms with van der Waals surface area (Å²) in [6.45, 7) is 8.40. The van der Waals surface area contributed by atoms with Crippen LogP contribution in [0.1, 0.15) is 6.92 Å². The first-order valence-corrected chi connectivity index (χ1v) is 2.20. The first-order valence-electron chi connectivity index (χ1n) is 2.20. The number of rotatable bonds is 2. The maximum absolute atomic E-state index is 8.42. The molecule has 0 aromatic carbocycles. The second-order valence-corrected chi connectivity index (χ2v) is 1.48. The molecule has 0 aliphatic rings. The maximum Gasteiger partial charge on any atom is 0.126 e. The zero-order valence-corrected chi connectivity index (χ0v) is 4.89. The van der Waals surface area contributed by atoms with Crippen LogP contribution in [-0.2, 0) is 0 Å². The van der Waals surface area contributed by atoms with E-state index < -0.39 is 0 Å². The second kappa shape index (κ2) is 3.02. The Labute approximate surface area is 48.9 Å². The molecular formula is C6H9NO. The van der Waals surface area contributed by atoms with Crippen LogP contribution in [0, 0.1) is 0 Å². The van der Waals surface area contributed by atoms with Crippen molar-refractivity contribution in [2.75, 3.05) is 0 Å². The van der Waals surface area contributed by atoms with E-state index in [1.807, 2.05) is 0 Å². The summed E-state index contributed by atoms with van der Waals surface area (Å²) in [4.78, 5) is 3.66. The first-order chi connectivity index (χ1) is 3.63. The number of hydrogen-bond acceptors (Lipinski definition) is 2. The molecule has 0 aliphatic heterocycles. The molecule has 0 bridgehead atoms. The van der Waals surface area contributed by atoms with Crippen LogP contribution in [0.15, 0.2) is 29.6 Å². The van der Waals surface area contributed by atoms with Gasteiger partial charge in [-0.25, -0.2) is 0 Å². The van der Waals surface area contributed by atoms with Crippen molar-refractivity contribution >= 4 is 6.21 Å². The molecule has 0 spiro atoms. The molecule has 2 nitrogen and oxygen atoms in total. The second-order valence-electron chi connectivity index (χ2n) is 1.48. The Kier molecular flexibility index (Phi) is 2.62. The summed E-state index contributed by atoms with van der Waals surface area (Å²) >= 11 is 0. The molecule has 0 aromatic rings. The Bertz CT molecular complexity index is 119. The van der Waals surface area contributed by atoms with Crippen molar-refractivity contribution in [3.63, 3.8) is 0 Å². The van der Waals surface area contributed by atoms with Gasteiger partial charge in [-0.15, -0.1) is 0 Å². The van der Waals surface area contributed by atoms with Gasteiger partial charge in [-0.1, -0.05) is 13.2 Å². The first kappa shape index (κ1) is 6.95. The average molecular weight is 111 g/mol. The number of aliphatic imine (C=N–C) groups is 1. The Morgan fingerprint density at radius 3 is 2.25 bits per heavy atom. The standard InChI is InChI=1S/C6H9NO/c1-5(2)7-4-6(3)8/h4,8H,1,3H2,2H3/b7-4-. The highest BCUT2D eigenvalue weighted by Crippen LogP contribution is 1.86. The van der Waals surface area contributed by atoms with Crippen LogP contribution in [0.4, 0.5) is 0 Å². The molecule has 44 valence electrons. The van der Waals surface area contributed by atoms with Crippen LogP contribution in [0.5, 0.6) is 0 Å². The van der Waals surface area contributed by atoms with Crippen LogP contribution in [0.2, 0.25) is 0 Å². The van der Waals surface area contributed by atoms with Crippen LogP contribution >= 0.6 is 0 Å². The van der Waals surface area contributed by atoms with Crippen molar-refractivity contribution in [1.29, 1.82) is 0 Å². The van der Waals surface area contributed by atoms with Gasteiger partial charge >= 0.3 is 0 Å². The van der Waals surface area contributed by atoms with Gasteiger partial charge in [0.05, 0.1) is 6.21 Å². The van der Waals surface area contributed by atoms with Crippen molar-refractivity contribution in [2.24, 2.45) is 4.99 Å². The lowest BCUT2D eigenvalue weighted by molar-refractivity contribution is 0.449. The number of aliphatic hydroxyl groups excluding tert-OH is 1. The van der Waals surface area contributed by atoms with Crippen LogP contribution < -0.4 is 0 Å². The third-order valence-electron chi connectivity index (χ3n) is 0.434. The number of aliphatic hydroxyl groups is 1. The molecule has 0 amide bonds. The maximum atomic E-state index is 8.42. The lowest BCUT2D eigenvalue weighted by atomic mass is 10.5. The molecular weight excluding hydrogens is 102 g/mol. The third-order valence-corrected chi connectivity index (χ3v) is 0.434. The summed E-state index contributed by atoms with van der Waals surface area (Å²) in [7, 11) is 0. The number of hydrogen-bond donors (Lipinski definition) is 1. The smallest absolute Gasteiger partial charge is 0.126 e. The molecule has 0 fully saturated rings. The van der Waals surface area contributed by atoms with Gasteiger partial charge in [-0.3, -0.25) is 4.99 Å². The zero-order valence-electron chi connectivity index (χ0n) is 4.89. The van der Waals surface area contributed by atoms with Gasteiger partial charge in [0.2, 0.25) is 0 Å². The molecule has 0 saturated heterocycles. The fourth-order valence-electron chi connectivity index (χ4n) is 0.185. The van der Waals surface area contributed by atoms with E-state index in [4.69, 9.17) is 5.11 Å². The largest absolute Gasteiger partial charge is 0.507 e. The van der Waals surface area contributed by atoms with Crippen molar-refractivity contribution < 1.29 is 5.11 Å². The van der Waals surface area contributed by atoms with Crippen molar-refractivity contribution in [3.8, 4) is 0 Å². The van der Waals surface area contributed by atoms with E-state index in [9.17, 15) is 0 Å². The van der Waals surface area contributed by atoms with E-state index >= 15 is 0 Å². The lowest BCUT2D eigenvalue weighted by Gasteiger charge is -1.83. The summed E-state index contributed by atoms with van der Waals surface area (Å²) in [5, 5.41) is 8.42. The topological polar surface area (TPSA) is 32.6 Å². The predicted molar refractivity (Wildman–Crippen MR) is 35.1 cm³/mol. The van der Waals surface area contributed by atoms with Crippen LogP contribution in [0.3, 0.4) is 0 Å². The average Bonchev–Trinajstić information content (AvgIpc) is 1.61. The van der Waals surface area contributed by atoms with Crippen molar-refractivity contribution in [3.05, 3.63) is 24.6 Å². The van der Waals surface area contributed by atoms with Gasteiger partial charge in [0.25, 0.3) is 0 Å². The summed E-state index contributed by atoms with van der Waals surface area (Å²) in [5.74, 6) is -0.0481. The van der Waals surface area contributed by atoms with Gasteiger partial charge in [-0.05, 0) is 6.92 Å². The SMILES string of the molecule is C=C(O)/C=N\C(=C)C. The molecule has 0 radical (unpaired) electrons. The fraction of sp³-hybridized carbons (Fsp3) is 0.167. The minimum atomic E-state index is -0.0481. The highest BCUT2D eigenvalue weighted by Gasteiger charge is 1.75. The zero-order chi connectivity index (χ0) is 6.57. The molecule has 0 atom stereocenters. The molecule has 0 aliphatic carbocycles. The number of allylic oxidation sites excluding steroid dienone is 2. The monoisotopic (exact) mass is 111 g/mol. The Morgan fingerprint density at radius 2 is 2.12 bits per heavy atom. The van der Waals surface area contributed by atoms with Gasteiger partial charge in [0.1, 0.15) is 5.76 Å². The van der Waals surface area contributed by atoms with Gasteiger partial charge in [0.15, 0.2) is 0 Å². The van der Waals surface area contributed by atoms with E-state index in [2.05, 4.69) is 18.2 Å². The molecule has 0 aromatic heterocycles. The van der Waals surface area contributed by atoms with Crippen molar-refractivity contribution in [2.45, 2.75) is 6.92 Å². The van der Waals surface area contributed by atoms with E-state index in [0.29, 0.717) is 5.70 Å². The van der Waals surface area contributed by atoms with Gasteiger partial charge in [-0.2, -0.15) is 0 Å². The minimum absolute atomic E-state index is 0.0481. The Morgan fingerprint density at radius 1 is 1.62 bits per heavy atom. The predicted octanol–water partition coefficient (Wildman–Crippen LogP) is 1.66. The van der Waals surface area contributed by atoms with Crippen molar-refractivity contribution in [1.82, 2.24) is 0 Å². The number of nitrogens with zero attached hydrogens (tertiary/aromatic N) is 1. The summed E-state index contributed by atoms with van der Waals surface area (Å²) in [5.41, 5.74) is 0.653. The van der Waals surface area contributed by atoms with E-state index in [-0.39, 0.29) is 5.76 Å². The highest BCUT2D eigenvalue weighted by molar-refractivity contribution is 5.75. The van der Waals surface area contributed by atoms with Crippen LogP contribution in [0.25, 0.3) is 0 Å². The Balaban J connectivity index is 3.67. The summed E-state index contributed by atoms with van der Waals surface area (Å²) in [6.07, 6.45) is 1.25. The molecule has 8 heavy (non-hydrogen) atoms. The quantitative estimate of drug-likeness (QED) is 0.426. The molecule has 0 saturated carbocycles. The normalized spacial score (nSPS) is 9.62. The molecule has 2 heteroatoms. The minimum Gasteiger partial charge on any atom is -0.507 e. The summed E-state index contributed by atoms with van der Waals surface area (Å²) < 4.78 is 0. The third kappa shape index (κ3) is 4.95. The molecule has 0 unspecified atom stereocenters. The summed E-state index contributed by atoms with van der Waals surface area (Å²) in [6, 6.07) is 0. The molecule has 0 heterocycles. The van der Waals surface area contributed by atoms with E-state index in [0.717, 1.165) is 0 Å². The molecule has 1 N–H and O–H groups in total. The highest BCUT2D eigenvalue weighted by atomic mass is 16.3. The van der Waals surface area contributed by atoms with Crippen LogP contribution in [-0.4, -0.2) is 11.3 Å².